The maximum atomic E-state index is 10.8. The Morgan fingerprint density at radius 2 is 0.667 bits per heavy atom. The monoisotopic (exact) mass is 1330 g/mol. The van der Waals surface area contributed by atoms with Gasteiger partial charge in [0.05, 0.1) is 12.7 Å². The molecule has 0 amide bonds. The Morgan fingerprint density at radius 3 is 0.860 bits per heavy atom. The Labute approximate surface area is 383 Å². The van der Waals surface area contributed by atoms with E-state index in [4.69, 9.17) is 25.5 Å². The molecule has 0 spiro atoms. The van der Waals surface area contributed by atoms with Crippen LogP contribution in [0.25, 0.3) is 31.9 Å². The summed E-state index contributed by atoms with van der Waals surface area (Å²) in [4.78, 5) is 43.0. The first-order valence-corrected chi connectivity index (χ1v) is 16.5. The van der Waals surface area contributed by atoms with Crippen LogP contribution in [0.1, 0.15) is 13.3 Å². The van der Waals surface area contributed by atoms with E-state index in [0.717, 1.165) is 0 Å². The Hall–Kier alpha value is -0.190. The molecule has 57 heavy (non-hydrogen) atoms. The summed E-state index contributed by atoms with van der Waals surface area (Å²) in [7, 11) is 0. The maximum Gasteiger partial charge on any atom is 0.282 e. The van der Waals surface area contributed by atoms with E-state index in [2.05, 4.69) is 31.9 Å². The molecule has 15 N–H and O–H groups in total. The standard InChI is InChI=1S/C15H26N3O9.C14H24N3O10.3Hf/c1-2-7(20)6(5-19)18-12-14(26)10(16-3-8(21)22)13(25)11(15(12)27)17-4-9(23)24;18-3-5(6(20)4-19)17-11-13(26)9(15-1-7(21)22)12(25)10(14(11)27)16-2-8(23)24;;;/h6-7,10-15,19-20,25-27H,2-5H2,1H3,(H,21,22)(H,23,24);5-6,9-14,18-20,25-27H,1-4H2,(H,21,22)(H,23,24);;;/q2*-3;;;. The molecule has 25 nitrogen and oxygen atoms in total. The molecule has 2 aliphatic carbocycles. The first-order chi connectivity index (χ1) is 25.3. The summed E-state index contributed by atoms with van der Waals surface area (Å²) in [6.45, 7) is -3.50. The summed E-state index contributed by atoms with van der Waals surface area (Å²) >= 11 is 0. The van der Waals surface area contributed by atoms with Crippen molar-refractivity contribution in [2.45, 2.75) is 111 Å². The fraction of sp³-hybridized carbons (Fsp3) is 0.862. The van der Waals surface area contributed by atoms with E-state index in [9.17, 15) is 70.2 Å². The van der Waals surface area contributed by atoms with Crippen molar-refractivity contribution < 1.29 is 173 Å². The van der Waals surface area contributed by atoms with Crippen molar-refractivity contribution in [1.82, 2.24) is 0 Å². The van der Waals surface area contributed by atoms with E-state index in [0.29, 0.717) is 0 Å². The molecule has 0 radical (unpaired) electrons. The number of carbonyl (C=O) groups is 4. The van der Waals surface area contributed by atoms with Crippen LogP contribution in [0.3, 0.4) is 0 Å². The van der Waals surface area contributed by atoms with Gasteiger partial charge in [-0.05, 0) is 32.6 Å². The number of nitrogens with zero attached hydrogens (tertiary/aromatic N) is 6. The third-order valence-corrected chi connectivity index (χ3v) is 8.54. The molecular formula is C29H50Hf3N6O19-6. The van der Waals surface area contributed by atoms with Crippen molar-refractivity contribution in [3.63, 3.8) is 0 Å². The van der Waals surface area contributed by atoms with Crippen LogP contribution in [0.15, 0.2) is 0 Å². The second-order valence-corrected chi connectivity index (χ2v) is 12.3. The fourth-order valence-corrected chi connectivity index (χ4v) is 5.75. The van der Waals surface area contributed by atoms with Gasteiger partial charge < -0.3 is 108 Å². The van der Waals surface area contributed by atoms with Crippen LogP contribution in [0.4, 0.5) is 0 Å². The predicted molar refractivity (Wildman–Crippen MR) is 180 cm³/mol. The third-order valence-electron chi connectivity index (χ3n) is 8.54. The Balaban J connectivity index is -0.000000972. The molecule has 0 aromatic rings. The van der Waals surface area contributed by atoms with E-state index in [1.807, 2.05) is 0 Å². The second-order valence-electron chi connectivity index (χ2n) is 12.3. The first-order valence-electron chi connectivity index (χ1n) is 16.5. The van der Waals surface area contributed by atoms with E-state index < -0.39 is 167 Å². The quantitative estimate of drug-likeness (QED) is 0.0449. The van der Waals surface area contributed by atoms with Gasteiger partial charge in [-0.1, -0.05) is 55.3 Å². The van der Waals surface area contributed by atoms with Crippen molar-refractivity contribution in [3.8, 4) is 0 Å². The molecule has 0 aromatic heterocycles. The normalized spacial score (nSPS) is 31.6. The summed E-state index contributed by atoms with van der Waals surface area (Å²) in [6.07, 6.45) is -12.3. The molecule has 2 fully saturated rings. The molecule has 2 rings (SSSR count). The topological polar surface area (TPSA) is 456 Å². The molecule has 0 bridgehead atoms. The Morgan fingerprint density at radius 1 is 0.439 bits per heavy atom. The van der Waals surface area contributed by atoms with Gasteiger partial charge in [-0.3, -0.25) is 19.2 Å². The smallest absolute Gasteiger partial charge is 0.282 e. The molecule has 0 aliphatic heterocycles. The van der Waals surface area contributed by atoms with Gasteiger partial charge in [-0.25, -0.2) is 0 Å². The second kappa shape index (κ2) is 30.8. The van der Waals surface area contributed by atoms with Crippen molar-refractivity contribution >= 4 is 23.9 Å². The molecule has 0 saturated heterocycles. The molecule has 12 unspecified atom stereocenters. The molecule has 28 heteroatoms. The van der Waals surface area contributed by atoms with Crippen LogP contribution in [0.2, 0.25) is 0 Å². The summed E-state index contributed by atoms with van der Waals surface area (Å²) in [6, 6.07) is -11.0. The van der Waals surface area contributed by atoms with Gasteiger partial charge >= 0.3 is 0 Å². The Kier molecular flexibility index (Phi) is 33.0. The van der Waals surface area contributed by atoms with Gasteiger partial charge in [0.2, 0.25) is 0 Å². The number of carboxylic acids is 4. The first kappa shape index (κ1) is 61.1. The van der Waals surface area contributed by atoms with E-state index in [1.165, 1.54) is 0 Å². The number of rotatable bonds is 22. The molecule has 2 aliphatic rings. The van der Waals surface area contributed by atoms with Crippen molar-refractivity contribution in [3.05, 3.63) is 31.9 Å². The van der Waals surface area contributed by atoms with Gasteiger partial charge in [0.15, 0.2) is 0 Å². The predicted octanol–water partition coefficient (Wildman–Crippen LogP) is -6.20. The molecule has 328 valence electrons. The van der Waals surface area contributed by atoms with E-state index in [1.54, 1.807) is 6.92 Å². The minimum atomic E-state index is -1.70. The van der Waals surface area contributed by atoms with Gasteiger partial charge in [0, 0.05) is 133 Å². The molecule has 0 aromatic carbocycles. The minimum Gasteiger partial charge on any atom is -0.649 e. The third kappa shape index (κ3) is 19.2. The minimum absolute atomic E-state index is 0. The van der Waals surface area contributed by atoms with Gasteiger partial charge in [0.25, 0.3) is 23.9 Å². The van der Waals surface area contributed by atoms with Crippen LogP contribution in [0, 0.1) is 0 Å². The van der Waals surface area contributed by atoms with Crippen LogP contribution >= 0.6 is 0 Å². The van der Waals surface area contributed by atoms with E-state index in [-0.39, 0.29) is 84.0 Å². The average molecular weight is 1320 g/mol. The number of aliphatic carboxylic acids is 4. The van der Waals surface area contributed by atoms with Crippen molar-refractivity contribution in [1.29, 1.82) is 0 Å². The zero-order valence-corrected chi connectivity index (χ0v) is 41.2. The Bertz CT molecular complexity index is 1030. The number of hydrogen-bond acceptors (Lipinski definition) is 15. The van der Waals surface area contributed by atoms with Crippen LogP contribution in [-0.2, 0) is 96.7 Å². The molecular weight excluding hydrogens is 1270 g/mol. The molecule has 0 heterocycles. The number of aliphatic hydroxyl groups is 11. The zero-order valence-electron chi connectivity index (χ0n) is 30.4. The van der Waals surface area contributed by atoms with Crippen LogP contribution < -0.4 is 0 Å². The van der Waals surface area contributed by atoms with Crippen LogP contribution in [0.5, 0.6) is 0 Å². The van der Waals surface area contributed by atoms with Crippen molar-refractivity contribution in [2.75, 3.05) is 46.0 Å². The fourth-order valence-electron chi connectivity index (χ4n) is 5.75. The van der Waals surface area contributed by atoms with E-state index >= 15 is 0 Å². The number of carboxylic acid groups (broad SMARTS) is 4. The number of hydrogen-bond donors (Lipinski definition) is 15. The zero-order chi connectivity index (χ0) is 41.4. The largest absolute Gasteiger partial charge is 0.649 e. The average Bonchev–Trinajstić information content (AvgIpc) is 3.10. The van der Waals surface area contributed by atoms with Crippen LogP contribution in [-0.4, -0.2) is 244 Å². The SMILES string of the molecule is CCC(O)C(CO)[N-]C1C(O)C([N-]CC(=O)O)C(O)C([N-]CC(=O)O)C1O.O=C(O)C[N-]C1C(O)C([N-]CC(=O)O)C(O)C([N-]C(CO)C(O)CO)C1O.[Hf].[Hf].[Hf]. The van der Waals surface area contributed by atoms with Gasteiger partial charge in [-0.2, -0.15) is 0 Å². The molecule has 2 saturated carbocycles. The summed E-state index contributed by atoms with van der Waals surface area (Å²) in [5, 5.41) is 167. The summed E-state index contributed by atoms with van der Waals surface area (Å²) in [5.74, 6) is -5.33. The summed E-state index contributed by atoms with van der Waals surface area (Å²) < 4.78 is 0. The van der Waals surface area contributed by atoms with Gasteiger partial charge in [0.1, 0.15) is 0 Å². The number of aliphatic hydroxyl groups excluding tert-OH is 11. The summed E-state index contributed by atoms with van der Waals surface area (Å²) in [5.41, 5.74) is 0. The maximum absolute atomic E-state index is 10.8. The van der Waals surface area contributed by atoms with Crippen molar-refractivity contribution in [2.24, 2.45) is 0 Å². The van der Waals surface area contributed by atoms with Gasteiger partial charge in [-0.15, -0.1) is 0 Å². The molecule has 12 atom stereocenters.